The third-order valence-electron chi connectivity index (χ3n) is 2.90. The predicted octanol–water partition coefficient (Wildman–Crippen LogP) is 2.98. The number of nitrogens with zero attached hydrogens (tertiary/aromatic N) is 2. The Bertz CT molecular complexity index is 467. The molecule has 0 radical (unpaired) electrons. The van der Waals surface area contributed by atoms with Crippen LogP contribution in [-0.4, -0.2) is 23.2 Å². The molecule has 1 atom stereocenters. The highest BCUT2D eigenvalue weighted by atomic mass is 35.5. The molecule has 0 saturated carbocycles. The number of thiol groups is 1. The highest BCUT2D eigenvalue weighted by Gasteiger charge is 2.32. The van der Waals surface area contributed by atoms with Gasteiger partial charge in [-0.15, -0.1) is 0 Å². The maximum absolute atomic E-state index is 11.9. The van der Waals surface area contributed by atoms with E-state index in [1.807, 2.05) is 6.92 Å². The molecule has 1 amide bonds. The van der Waals surface area contributed by atoms with Gasteiger partial charge in [-0.1, -0.05) is 23.2 Å². The molecule has 1 unspecified atom stereocenters. The number of halogens is 2. The maximum atomic E-state index is 11.9. The molecule has 1 aromatic rings. The van der Waals surface area contributed by atoms with E-state index in [0.29, 0.717) is 34.6 Å². The van der Waals surface area contributed by atoms with Crippen LogP contribution in [-0.2, 0) is 4.79 Å². The fourth-order valence-corrected chi connectivity index (χ4v) is 2.53. The van der Waals surface area contributed by atoms with E-state index in [1.165, 1.54) is 6.20 Å². The molecular weight excluding hydrogens is 279 g/mol. The summed E-state index contributed by atoms with van der Waals surface area (Å²) in [6.45, 7) is 2.43. The molecule has 2 heterocycles. The third kappa shape index (κ3) is 2.39. The van der Waals surface area contributed by atoms with Crippen molar-refractivity contribution < 1.29 is 4.79 Å². The highest BCUT2D eigenvalue weighted by Crippen LogP contribution is 2.34. The number of amides is 1. The number of anilines is 1. The molecular formula is C11H12Cl2N2OS. The largest absolute Gasteiger partial charge is 0.295 e. The lowest BCUT2D eigenvalue weighted by Crippen LogP contribution is -2.26. The van der Waals surface area contributed by atoms with Crippen LogP contribution in [0.25, 0.3) is 0 Å². The number of hydrogen-bond donors (Lipinski definition) is 1. The van der Waals surface area contributed by atoms with Gasteiger partial charge in [0.25, 0.3) is 0 Å². The van der Waals surface area contributed by atoms with Crippen LogP contribution < -0.4 is 4.90 Å². The lowest BCUT2D eigenvalue weighted by atomic mass is 10.1. The second-order valence-corrected chi connectivity index (χ2v) is 5.28. The van der Waals surface area contributed by atoms with Crippen molar-refractivity contribution in [3.63, 3.8) is 0 Å². The molecule has 3 nitrogen and oxygen atoms in total. The first-order valence-corrected chi connectivity index (χ1v) is 6.65. The zero-order valence-electron chi connectivity index (χ0n) is 9.28. The summed E-state index contributed by atoms with van der Waals surface area (Å²) in [5.41, 5.74) is 0.750. The van der Waals surface area contributed by atoms with E-state index in [2.05, 4.69) is 17.6 Å². The minimum absolute atomic E-state index is 0.0418. The van der Waals surface area contributed by atoms with Crippen LogP contribution >= 0.6 is 35.8 Å². The highest BCUT2D eigenvalue weighted by molar-refractivity contribution is 7.80. The Morgan fingerprint density at radius 2 is 2.29 bits per heavy atom. The molecule has 0 N–H and O–H groups in total. The summed E-state index contributed by atoms with van der Waals surface area (Å²) in [4.78, 5) is 17.6. The van der Waals surface area contributed by atoms with Crippen LogP contribution in [0.1, 0.15) is 12.0 Å². The van der Waals surface area contributed by atoms with Gasteiger partial charge in [-0.2, -0.15) is 12.6 Å². The van der Waals surface area contributed by atoms with Gasteiger partial charge in [-0.05, 0) is 24.2 Å². The number of rotatable bonds is 2. The van der Waals surface area contributed by atoms with Crippen molar-refractivity contribution in [3.8, 4) is 0 Å². The fourth-order valence-electron chi connectivity index (χ4n) is 1.84. The summed E-state index contributed by atoms with van der Waals surface area (Å²) in [5, 5.41) is 0.960. The van der Waals surface area contributed by atoms with Crippen molar-refractivity contribution in [3.05, 3.63) is 21.8 Å². The molecule has 0 bridgehead atoms. The van der Waals surface area contributed by atoms with Gasteiger partial charge in [-0.25, -0.2) is 4.98 Å². The number of carbonyl (C=O) groups is 1. The third-order valence-corrected chi connectivity index (χ3v) is 4.25. The average Bonchev–Trinajstić information content (AvgIpc) is 2.68. The molecule has 0 spiro atoms. The van der Waals surface area contributed by atoms with E-state index in [9.17, 15) is 4.79 Å². The molecule has 1 fully saturated rings. The van der Waals surface area contributed by atoms with Gasteiger partial charge < -0.3 is 0 Å². The molecule has 0 aromatic carbocycles. The van der Waals surface area contributed by atoms with E-state index < -0.39 is 0 Å². The molecule has 1 aromatic heterocycles. The quantitative estimate of drug-likeness (QED) is 0.850. The second kappa shape index (κ2) is 5.04. The monoisotopic (exact) mass is 290 g/mol. The maximum Gasteiger partial charge on any atom is 0.228 e. The number of pyridine rings is 1. The van der Waals surface area contributed by atoms with Crippen LogP contribution in [0, 0.1) is 12.8 Å². The summed E-state index contributed by atoms with van der Waals surface area (Å²) >= 11 is 16.3. The van der Waals surface area contributed by atoms with Crippen LogP contribution in [0.15, 0.2) is 6.20 Å². The van der Waals surface area contributed by atoms with E-state index >= 15 is 0 Å². The van der Waals surface area contributed by atoms with E-state index in [1.54, 1.807) is 4.90 Å². The Kier molecular flexibility index (Phi) is 3.85. The smallest absolute Gasteiger partial charge is 0.228 e. The Morgan fingerprint density at radius 3 is 2.88 bits per heavy atom. The van der Waals surface area contributed by atoms with Crippen molar-refractivity contribution in [2.24, 2.45) is 5.92 Å². The lowest BCUT2D eigenvalue weighted by molar-refractivity contribution is -0.117. The van der Waals surface area contributed by atoms with Gasteiger partial charge in [-0.3, -0.25) is 9.69 Å². The molecule has 92 valence electrons. The number of aromatic nitrogens is 1. The van der Waals surface area contributed by atoms with Gasteiger partial charge in [0.15, 0.2) is 5.82 Å². The zero-order valence-corrected chi connectivity index (χ0v) is 11.7. The summed E-state index contributed by atoms with van der Waals surface area (Å²) in [7, 11) is 0. The van der Waals surface area contributed by atoms with Crippen LogP contribution in [0.3, 0.4) is 0 Å². The Labute approximate surface area is 116 Å². The van der Waals surface area contributed by atoms with Gasteiger partial charge in [0.1, 0.15) is 0 Å². The van der Waals surface area contributed by atoms with Crippen LogP contribution in [0.5, 0.6) is 0 Å². The summed E-state index contributed by atoms with van der Waals surface area (Å²) < 4.78 is 0. The SMILES string of the molecule is Cc1c(Cl)cnc(N2CC(CS)CC2=O)c1Cl. The topological polar surface area (TPSA) is 33.2 Å². The van der Waals surface area contributed by atoms with E-state index in [4.69, 9.17) is 23.2 Å². The first-order valence-electron chi connectivity index (χ1n) is 5.26. The second-order valence-electron chi connectivity index (χ2n) is 4.13. The van der Waals surface area contributed by atoms with Crippen molar-refractivity contribution in [1.29, 1.82) is 0 Å². The molecule has 1 aliphatic rings. The van der Waals surface area contributed by atoms with E-state index in [0.717, 1.165) is 5.56 Å². The van der Waals surface area contributed by atoms with Crippen LogP contribution in [0.2, 0.25) is 10.0 Å². The van der Waals surface area contributed by atoms with Crippen molar-refractivity contribution >= 4 is 47.6 Å². The molecule has 1 saturated heterocycles. The Balaban J connectivity index is 2.35. The van der Waals surface area contributed by atoms with Crippen molar-refractivity contribution in [2.45, 2.75) is 13.3 Å². The Morgan fingerprint density at radius 1 is 1.59 bits per heavy atom. The fraction of sp³-hybridized carbons (Fsp3) is 0.455. The molecule has 6 heteroatoms. The van der Waals surface area contributed by atoms with Crippen LogP contribution in [0.4, 0.5) is 5.82 Å². The molecule has 17 heavy (non-hydrogen) atoms. The first-order chi connectivity index (χ1) is 8.04. The van der Waals surface area contributed by atoms with Gasteiger partial charge in [0, 0.05) is 19.2 Å². The van der Waals surface area contributed by atoms with Gasteiger partial charge in [0.2, 0.25) is 5.91 Å². The van der Waals surface area contributed by atoms with Gasteiger partial charge in [0.05, 0.1) is 10.0 Å². The average molecular weight is 291 g/mol. The predicted molar refractivity (Wildman–Crippen MR) is 73.3 cm³/mol. The first kappa shape index (κ1) is 13.0. The van der Waals surface area contributed by atoms with Gasteiger partial charge >= 0.3 is 0 Å². The standard InChI is InChI=1S/C11H12Cl2N2OS/c1-6-8(12)3-14-11(10(6)13)15-4-7(5-17)2-9(15)16/h3,7,17H,2,4-5H2,1H3. The minimum atomic E-state index is 0.0418. The number of carbonyl (C=O) groups excluding carboxylic acids is 1. The minimum Gasteiger partial charge on any atom is -0.295 e. The molecule has 0 aliphatic carbocycles. The molecule has 2 rings (SSSR count). The zero-order chi connectivity index (χ0) is 12.6. The normalized spacial score (nSPS) is 20.1. The van der Waals surface area contributed by atoms with Crippen molar-refractivity contribution in [1.82, 2.24) is 4.98 Å². The summed E-state index contributed by atoms with van der Waals surface area (Å²) in [5.74, 6) is 1.49. The summed E-state index contributed by atoms with van der Waals surface area (Å²) in [6, 6.07) is 0. The summed E-state index contributed by atoms with van der Waals surface area (Å²) in [6.07, 6.45) is 2.03. The Hall–Kier alpha value is -0.450. The van der Waals surface area contributed by atoms with Crippen molar-refractivity contribution in [2.75, 3.05) is 17.2 Å². The lowest BCUT2D eigenvalue weighted by Gasteiger charge is -2.18. The number of hydrogen-bond acceptors (Lipinski definition) is 3. The molecule has 1 aliphatic heterocycles. The van der Waals surface area contributed by atoms with E-state index in [-0.39, 0.29) is 11.8 Å².